The Morgan fingerprint density at radius 3 is 2.33 bits per heavy atom. The maximum absolute atomic E-state index is 10.6. The molecule has 2 rings (SSSR count). The molecule has 0 spiro atoms. The van der Waals surface area contributed by atoms with E-state index in [9.17, 15) is 9.90 Å². The highest BCUT2D eigenvalue weighted by Gasteiger charge is 1.93. The van der Waals surface area contributed by atoms with E-state index in [1.54, 1.807) is 18.3 Å². The molecule has 0 saturated carbocycles. The van der Waals surface area contributed by atoms with Crippen molar-refractivity contribution < 1.29 is 9.90 Å². The number of rotatable bonds is 4. The van der Waals surface area contributed by atoms with Crippen LogP contribution in [0.3, 0.4) is 0 Å². The van der Waals surface area contributed by atoms with Gasteiger partial charge in [-0.15, -0.1) is 0 Å². The van der Waals surface area contributed by atoms with E-state index in [0.29, 0.717) is 5.69 Å². The summed E-state index contributed by atoms with van der Waals surface area (Å²) in [6, 6.07) is 15.9. The van der Waals surface area contributed by atoms with Crippen LogP contribution in [-0.4, -0.2) is 12.2 Å². The van der Waals surface area contributed by atoms with Gasteiger partial charge in [0.25, 0.3) is 0 Å². The Morgan fingerprint density at radius 2 is 1.72 bits per heavy atom. The highest BCUT2D eigenvalue weighted by atomic mass is 16.4. The molecule has 0 bridgehead atoms. The molecule has 0 fully saturated rings. The number of aromatic carboxylic acids is 1. The van der Waals surface area contributed by atoms with Crippen molar-refractivity contribution in [1.29, 1.82) is 0 Å². The van der Waals surface area contributed by atoms with Gasteiger partial charge in [-0.3, -0.25) is 5.43 Å². The van der Waals surface area contributed by atoms with Crippen LogP contribution in [-0.2, 0) is 0 Å². The molecule has 4 heteroatoms. The minimum atomic E-state index is -1.19. The van der Waals surface area contributed by atoms with E-state index in [-0.39, 0.29) is 5.56 Å². The Labute approximate surface area is 105 Å². The highest BCUT2D eigenvalue weighted by Crippen LogP contribution is 2.08. The monoisotopic (exact) mass is 239 g/mol. The first-order valence-electron chi connectivity index (χ1n) is 5.41. The van der Waals surface area contributed by atoms with E-state index in [2.05, 4.69) is 10.5 Å². The average Bonchev–Trinajstić information content (AvgIpc) is 2.40. The molecular weight excluding hydrogens is 228 g/mol. The smallest absolute Gasteiger partial charge is 0.0715 e. The van der Waals surface area contributed by atoms with Crippen LogP contribution in [0, 0.1) is 0 Å². The van der Waals surface area contributed by atoms with Gasteiger partial charge in [-0.05, 0) is 23.3 Å². The molecule has 1 N–H and O–H groups in total. The number of carbonyl (C=O) groups excluding carboxylic acids is 1. The molecule has 0 saturated heterocycles. The number of nitrogens with one attached hydrogen (secondary N) is 1. The first-order valence-corrected chi connectivity index (χ1v) is 5.41. The topological polar surface area (TPSA) is 64.5 Å². The van der Waals surface area contributed by atoms with Gasteiger partial charge < -0.3 is 9.90 Å². The van der Waals surface area contributed by atoms with Crippen LogP contribution in [0.15, 0.2) is 59.7 Å². The lowest BCUT2D eigenvalue weighted by atomic mass is 10.2. The lowest BCUT2D eigenvalue weighted by Gasteiger charge is -2.03. The number of carbonyl (C=O) groups is 1. The molecule has 0 atom stereocenters. The van der Waals surface area contributed by atoms with E-state index >= 15 is 0 Å². The van der Waals surface area contributed by atoms with Crippen LogP contribution in [0.1, 0.15) is 15.9 Å². The molecule has 0 amide bonds. The summed E-state index contributed by atoms with van der Waals surface area (Å²) in [5.74, 6) is -1.19. The van der Waals surface area contributed by atoms with E-state index in [1.165, 1.54) is 12.1 Å². The van der Waals surface area contributed by atoms with Crippen LogP contribution in [0.4, 0.5) is 5.69 Å². The van der Waals surface area contributed by atoms with Crippen LogP contribution < -0.4 is 10.5 Å². The molecule has 0 aliphatic heterocycles. The van der Waals surface area contributed by atoms with Crippen molar-refractivity contribution in [2.24, 2.45) is 5.10 Å². The highest BCUT2D eigenvalue weighted by molar-refractivity contribution is 5.86. The van der Waals surface area contributed by atoms with E-state index < -0.39 is 5.97 Å². The standard InChI is InChI=1S/C14H12N2O2/c17-14(18)12-6-8-13(9-7-12)16-15-10-11-4-2-1-3-5-11/h1-10,16H,(H,17,18)/p-1/b15-10-. The summed E-state index contributed by atoms with van der Waals surface area (Å²) in [6.07, 6.45) is 1.69. The van der Waals surface area contributed by atoms with Gasteiger partial charge in [0.05, 0.1) is 17.9 Å². The van der Waals surface area contributed by atoms with Crippen molar-refractivity contribution in [1.82, 2.24) is 0 Å². The maximum atomic E-state index is 10.6. The van der Waals surface area contributed by atoms with E-state index in [1.807, 2.05) is 30.3 Å². The second kappa shape index (κ2) is 5.63. The number of benzene rings is 2. The summed E-state index contributed by atoms with van der Waals surface area (Å²) in [7, 11) is 0. The Balaban J connectivity index is 1.98. The summed E-state index contributed by atoms with van der Waals surface area (Å²) < 4.78 is 0. The molecule has 90 valence electrons. The Hall–Kier alpha value is -2.62. The van der Waals surface area contributed by atoms with Gasteiger partial charge >= 0.3 is 0 Å². The molecule has 0 heterocycles. The van der Waals surface area contributed by atoms with Gasteiger partial charge in [0.15, 0.2) is 0 Å². The zero-order chi connectivity index (χ0) is 12.8. The molecule has 0 aliphatic carbocycles. The Morgan fingerprint density at radius 1 is 1.06 bits per heavy atom. The first kappa shape index (κ1) is 11.9. The molecular formula is C14H11N2O2-. The number of hydrogen-bond acceptors (Lipinski definition) is 4. The SMILES string of the molecule is O=C([O-])c1ccc(N/N=C\c2ccccc2)cc1. The third kappa shape index (κ3) is 3.18. The largest absolute Gasteiger partial charge is 0.545 e. The predicted molar refractivity (Wildman–Crippen MR) is 68.4 cm³/mol. The Kier molecular flexibility index (Phi) is 3.71. The number of anilines is 1. The molecule has 2 aromatic rings. The van der Waals surface area contributed by atoms with Crippen LogP contribution in [0.2, 0.25) is 0 Å². The second-order valence-corrected chi connectivity index (χ2v) is 3.65. The lowest BCUT2D eigenvalue weighted by Crippen LogP contribution is -2.21. The number of carboxylic acid groups (broad SMARTS) is 1. The quantitative estimate of drug-likeness (QED) is 0.649. The number of nitrogens with zero attached hydrogens (tertiary/aromatic N) is 1. The third-order valence-corrected chi connectivity index (χ3v) is 2.33. The summed E-state index contributed by atoms with van der Waals surface area (Å²) in [5.41, 5.74) is 4.66. The molecule has 0 unspecified atom stereocenters. The molecule has 0 aromatic heterocycles. The molecule has 0 radical (unpaired) electrons. The molecule has 2 aromatic carbocycles. The minimum Gasteiger partial charge on any atom is -0.545 e. The summed E-state index contributed by atoms with van der Waals surface area (Å²) in [5, 5.41) is 14.6. The van der Waals surface area contributed by atoms with Gasteiger partial charge in [0.1, 0.15) is 0 Å². The molecule has 18 heavy (non-hydrogen) atoms. The minimum absolute atomic E-state index is 0.146. The van der Waals surface area contributed by atoms with Crippen LogP contribution in [0.5, 0.6) is 0 Å². The van der Waals surface area contributed by atoms with E-state index in [4.69, 9.17) is 0 Å². The zero-order valence-electron chi connectivity index (χ0n) is 9.54. The lowest BCUT2D eigenvalue weighted by molar-refractivity contribution is -0.255. The normalized spacial score (nSPS) is 10.4. The molecule has 0 aliphatic rings. The molecule has 4 nitrogen and oxygen atoms in total. The number of carboxylic acids is 1. The van der Waals surface area contributed by atoms with Crippen molar-refractivity contribution in [2.75, 3.05) is 5.43 Å². The first-order chi connectivity index (χ1) is 8.75. The summed E-state index contributed by atoms with van der Waals surface area (Å²) in [6.45, 7) is 0. The van der Waals surface area contributed by atoms with Crippen LogP contribution >= 0.6 is 0 Å². The number of hydrogen-bond donors (Lipinski definition) is 1. The van der Waals surface area contributed by atoms with Crippen molar-refractivity contribution in [3.05, 3.63) is 65.7 Å². The van der Waals surface area contributed by atoms with Crippen molar-refractivity contribution in [3.8, 4) is 0 Å². The predicted octanol–water partition coefficient (Wildman–Crippen LogP) is 1.50. The fraction of sp³-hybridized carbons (Fsp3) is 0. The zero-order valence-corrected chi connectivity index (χ0v) is 9.54. The summed E-state index contributed by atoms with van der Waals surface area (Å²) in [4.78, 5) is 10.6. The van der Waals surface area contributed by atoms with Crippen molar-refractivity contribution >= 4 is 17.9 Å². The van der Waals surface area contributed by atoms with Gasteiger partial charge in [-0.1, -0.05) is 42.5 Å². The van der Waals surface area contributed by atoms with Crippen LogP contribution in [0.25, 0.3) is 0 Å². The average molecular weight is 239 g/mol. The third-order valence-electron chi connectivity index (χ3n) is 2.33. The Bertz CT molecular complexity index is 548. The fourth-order valence-electron chi connectivity index (χ4n) is 1.40. The number of hydrazone groups is 1. The van der Waals surface area contributed by atoms with Gasteiger partial charge in [0.2, 0.25) is 0 Å². The van der Waals surface area contributed by atoms with Crippen molar-refractivity contribution in [2.45, 2.75) is 0 Å². The fourth-order valence-corrected chi connectivity index (χ4v) is 1.40. The summed E-state index contributed by atoms with van der Waals surface area (Å²) >= 11 is 0. The van der Waals surface area contributed by atoms with Gasteiger partial charge in [-0.25, -0.2) is 0 Å². The van der Waals surface area contributed by atoms with E-state index in [0.717, 1.165) is 5.56 Å². The van der Waals surface area contributed by atoms with Crippen molar-refractivity contribution in [3.63, 3.8) is 0 Å². The van der Waals surface area contributed by atoms with Gasteiger partial charge in [-0.2, -0.15) is 5.10 Å². The second-order valence-electron chi connectivity index (χ2n) is 3.65. The maximum Gasteiger partial charge on any atom is 0.0715 e. The van der Waals surface area contributed by atoms with Gasteiger partial charge in [0, 0.05) is 0 Å².